The van der Waals surface area contributed by atoms with Crippen LogP contribution in [0.3, 0.4) is 0 Å². The number of hydrogen-bond acceptors (Lipinski definition) is 8. The van der Waals surface area contributed by atoms with Gasteiger partial charge < -0.3 is 14.2 Å². The van der Waals surface area contributed by atoms with Crippen molar-refractivity contribution in [2.24, 2.45) is 0 Å². The molecular weight excluding hydrogens is 452 g/mol. The first kappa shape index (κ1) is 24.5. The van der Waals surface area contributed by atoms with Gasteiger partial charge >= 0.3 is 5.97 Å². The van der Waals surface area contributed by atoms with Crippen LogP contribution >= 0.6 is 0 Å². The summed E-state index contributed by atoms with van der Waals surface area (Å²) in [6.07, 6.45) is -1.32. The van der Waals surface area contributed by atoms with Crippen LogP contribution < -0.4 is 4.90 Å². The number of imide groups is 1. The number of benzene rings is 2. The zero-order valence-electron chi connectivity index (χ0n) is 18.3. The quantitative estimate of drug-likeness (QED) is 0.303. The number of carbonyl (C=O) groups is 3. The number of anilines is 1. The van der Waals surface area contributed by atoms with Crippen LogP contribution in [0.25, 0.3) is 0 Å². The third-order valence-electron chi connectivity index (χ3n) is 5.22. The predicted octanol–water partition coefficient (Wildman–Crippen LogP) is 1.41. The summed E-state index contributed by atoms with van der Waals surface area (Å²) >= 11 is 0. The van der Waals surface area contributed by atoms with Crippen molar-refractivity contribution in [3.63, 3.8) is 0 Å². The van der Waals surface area contributed by atoms with Gasteiger partial charge in [0.25, 0.3) is 5.91 Å². The van der Waals surface area contributed by atoms with Crippen molar-refractivity contribution in [3.8, 4) is 0 Å². The Morgan fingerprint density at radius 2 is 1.64 bits per heavy atom. The second-order valence-electron chi connectivity index (χ2n) is 7.11. The van der Waals surface area contributed by atoms with Crippen LogP contribution in [0, 0.1) is 0 Å². The molecule has 1 saturated heterocycles. The summed E-state index contributed by atoms with van der Waals surface area (Å²) in [6.45, 7) is -0.303. The second kappa shape index (κ2) is 10.2. The number of sulfonamides is 1. The Bertz CT molecular complexity index is 1110. The van der Waals surface area contributed by atoms with Crippen molar-refractivity contribution < 1.29 is 37.0 Å². The molecule has 2 amide bonds. The fourth-order valence-corrected chi connectivity index (χ4v) is 5.08. The molecule has 1 atom stereocenters. The number of nitrogens with zero attached hydrogens (tertiary/aromatic N) is 2. The van der Waals surface area contributed by atoms with Gasteiger partial charge in [0, 0.05) is 14.2 Å². The van der Waals surface area contributed by atoms with Crippen molar-refractivity contribution in [2.75, 3.05) is 32.8 Å². The minimum atomic E-state index is -4.17. The van der Waals surface area contributed by atoms with Gasteiger partial charge in [0.05, 0.1) is 36.2 Å². The van der Waals surface area contributed by atoms with Crippen LogP contribution in [0.2, 0.25) is 0 Å². The van der Waals surface area contributed by atoms with E-state index in [0.717, 1.165) is 9.21 Å². The number of amides is 2. The Hall–Kier alpha value is -3.12. The van der Waals surface area contributed by atoms with Crippen molar-refractivity contribution in [3.05, 3.63) is 60.2 Å². The molecule has 1 aliphatic rings. The number of rotatable bonds is 9. The Morgan fingerprint density at radius 1 is 1.03 bits per heavy atom. The molecule has 2 aromatic rings. The number of ether oxygens (including phenoxy) is 3. The van der Waals surface area contributed by atoms with Crippen LogP contribution in [0.15, 0.2) is 59.5 Å². The molecule has 0 radical (unpaired) electrons. The van der Waals surface area contributed by atoms with E-state index in [1.54, 1.807) is 18.2 Å². The molecule has 3 rings (SSSR count). The summed E-state index contributed by atoms with van der Waals surface area (Å²) in [5.41, 5.74) is 0.459. The standard InChI is InChI=1S/C22H24N2O8S/c1-30-20(31-2)14-23(33(28,29)17-7-5-4-6-8-17)18-13-19(25)24(21(18)26)16-11-9-15(10-12-16)22(27)32-3/h4-12,18,20H,13-14H2,1-3H3. The average molecular weight is 477 g/mol. The zero-order chi connectivity index (χ0) is 24.2. The monoisotopic (exact) mass is 476 g/mol. The van der Waals surface area contributed by atoms with Crippen molar-refractivity contribution in [1.29, 1.82) is 0 Å². The molecule has 33 heavy (non-hydrogen) atoms. The third-order valence-corrected chi connectivity index (χ3v) is 7.11. The summed E-state index contributed by atoms with van der Waals surface area (Å²) in [7, 11) is -0.240. The van der Waals surface area contributed by atoms with Gasteiger partial charge in [-0.1, -0.05) is 18.2 Å². The van der Waals surface area contributed by atoms with E-state index < -0.39 is 40.1 Å². The Balaban J connectivity index is 1.97. The molecule has 2 aromatic carbocycles. The van der Waals surface area contributed by atoms with Gasteiger partial charge in [-0.15, -0.1) is 0 Å². The second-order valence-corrected chi connectivity index (χ2v) is 9.01. The average Bonchev–Trinajstić information content (AvgIpc) is 3.13. The molecule has 1 unspecified atom stereocenters. The van der Waals surface area contributed by atoms with E-state index in [-0.39, 0.29) is 29.1 Å². The largest absolute Gasteiger partial charge is 0.465 e. The van der Waals surface area contributed by atoms with E-state index in [1.165, 1.54) is 57.7 Å². The fourth-order valence-electron chi connectivity index (χ4n) is 3.49. The van der Waals surface area contributed by atoms with Crippen molar-refractivity contribution in [1.82, 2.24) is 4.31 Å². The number of methoxy groups -OCH3 is 3. The molecule has 0 aromatic heterocycles. The van der Waals surface area contributed by atoms with Gasteiger partial charge in [0.15, 0.2) is 6.29 Å². The molecule has 1 fully saturated rings. The highest BCUT2D eigenvalue weighted by Gasteiger charge is 2.47. The fraction of sp³-hybridized carbons (Fsp3) is 0.318. The highest BCUT2D eigenvalue weighted by atomic mass is 32.2. The van der Waals surface area contributed by atoms with Crippen molar-refractivity contribution >= 4 is 33.5 Å². The SMILES string of the molecule is COC(=O)c1ccc(N2C(=O)CC(N(CC(OC)OC)S(=O)(=O)c3ccccc3)C2=O)cc1. The first-order chi connectivity index (χ1) is 15.7. The van der Waals surface area contributed by atoms with Gasteiger partial charge in [-0.3, -0.25) is 9.59 Å². The molecule has 0 aliphatic carbocycles. The summed E-state index contributed by atoms with van der Waals surface area (Å²) in [4.78, 5) is 38.6. The van der Waals surface area contributed by atoms with Crippen molar-refractivity contribution in [2.45, 2.75) is 23.6 Å². The van der Waals surface area contributed by atoms with Gasteiger partial charge in [-0.2, -0.15) is 4.31 Å². The van der Waals surface area contributed by atoms with Gasteiger partial charge in [0.1, 0.15) is 6.04 Å². The van der Waals surface area contributed by atoms with Crippen LogP contribution in [0.4, 0.5) is 5.69 Å². The molecule has 10 nitrogen and oxygen atoms in total. The lowest BCUT2D eigenvalue weighted by Gasteiger charge is -2.29. The van der Waals surface area contributed by atoms with Gasteiger partial charge in [-0.25, -0.2) is 18.1 Å². The smallest absolute Gasteiger partial charge is 0.337 e. The molecular formula is C22H24N2O8S. The van der Waals surface area contributed by atoms with E-state index in [4.69, 9.17) is 9.47 Å². The molecule has 11 heteroatoms. The normalized spacial score (nSPS) is 16.6. The van der Waals surface area contributed by atoms with Crippen LogP contribution in [0.5, 0.6) is 0 Å². The summed E-state index contributed by atoms with van der Waals surface area (Å²) in [5, 5.41) is 0. The number of esters is 1. The molecule has 0 saturated carbocycles. The number of carbonyl (C=O) groups excluding carboxylic acids is 3. The maximum atomic E-state index is 13.4. The summed E-state index contributed by atoms with van der Waals surface area (Å²) in [6, 6.07) is 12.0. The predicted molar refractivity (Wildman–Crippen MR) is 117 cm³/mol. The van der Waals surface area contributed by atoms with E-state index >= 15 is 0 Å². The minimum Gasteiger partial charge on any atom is -0.465 e. The van der Waals surface area contributed by atoms with E-state index in [0.29, 0.717) is 0 Å². The molecule has 176 valence electrons. The highest BCUT2D eigenvalue weighted by molar-refractivity contribution is 7.89. The lowest BCUT2D eigenvalue weighted by molar-refractivity contribution is -0.125. The van der Waals surface area contributed by atoms with E-state index in [1.807, 2.05) is 0 Å². The summed E-state index contributed by atoms with van der Waals surface area (Å²) in [5.74, 6) is -1.85. The maximum absolute atomic E-state index is 13.4. The lowest BCUT2D eigenvalue weighted by atomic mass is 10.2. The molecule has 0 bridgehead atoms. The first-order valence-corrected chi connectivity index (χ1v) is 11.4. The van der Waals surface area contributed by atoms with Crippen LogP contribution in [-0.2, 0) is 33.8 Å². The zero-order valence-corrected chi connectivity index (χ0v) is 19.2. The van der Waals surface area contributed by atoms with E-state index in [9.17, 15) is 22.8 Å². The summed E-state index contributed by atoms with van der Waals surface area (Å²) < 4.78 is 42.7. The Kier molecular flexibility index (Phi) is 7.59. The van der Waals surface area contributed by atoms with Crippen LogP contribution in [0.1, 0.15) is 16.8 Å². The Labute approximate surface area is 191 Å². The molecule has 0 spiro atoms. The topological polar surface area (TPSA) is 120 Å². The lowest BCUT2D eigenvalue weighted by Crippen LogP contribution is -2.49. The van der Waals surface area contributed by atoms with Gasteiger partial charge in [-0.05, 0) is 36.4 Å². The van der Waals surface area contributed by atoms with E-state index in [2.05, 4.69) is 4.74 Å². The molecule has 1 heterocycles. The van der Waals surface area contributed by atoms with Crippen LogP contribution in [-0.4, -0.2) is 70.7 Å². The van der Waals surface area contributed by atoms with Gasteiger partial charge in [0.2, 0.25) is 15.9 Å². The maximum Gasteiger partial charge on any atom is 0.337 e. The molecule has 1 aliphatic heterocycles. The first-order valence-electron chi connectivity index (χ1n) is 9.92. The third kappa shape index (κ3) is 4.96. The molecule has 0 N–H and O–H groups in total. The minimum absolute atomic E-state index is 0.0305. The number of hydrogen-bond donors (Lipinski definition) is 0. The Morgan fingerprint density at radius 3 is 2.18 bits per heavy atom. The highest BCUT2D eigenvalue weighted by Crippen LogP contribution is 2.30.